The van der Waals surface area contributed by atoms with Crippen LogP contribution in [0.25, 0.3) is 6.08 Å². The van der Waals surface area contributed by atoms with Gasteiger partial charge in [0, 0.05) is 12.3 Å². The van der Waals surface area contributed by atoms with E-state index in [1.807, 2.05) is 78.9 Å². The van der Waals surface area contributed by atoms with Crippen LogP contribution in [0.15, 0.2) is 91.1 Å². The number of aromatic nitrogens is 1. The van der Waals surface area contributed by atoms with Gasteiger partial charge in [-0.1, -0.05) is 54.6 Å². The number of hydrogen-bond donors (Lipinski definition) is 0. The van der Waals surface area contributed by atoms with Gasteiger partial charge in [0.1, 0.15) is 5.82 Å². The standard InChI is InChI=1S/C20H16N2O/c23-20(15-14-17-9-3-1-4-10-17)22(18-11-5-2-6-12-18)19-13-7-8-16-21-19/h1-16H. The highest BCUT2D eigenvalue weighted by Gasteiger charge is 2.16. The highest BCUT2D eigenvalue weighted by Crippen LogP contribution is 2.23. The minimum absolute atomic E-state index is 0.140. The second kappa shape index (κ2) is 7.18. The lowest BCUT2D eigenvalue weighted by atomic mass is 10.2. The summed E-state index contributed by atoms with van der Waals surface area (Å²) in [7, 11) is 0. The van der Waals surface area contributed by atoms with Crippen LogP contribution in [-0.4, -0.2) is 10.9 Å². The number of amides is 1. The highest BCUT2D eigenvalue weighted by molar-refractivity contribution is 6.08. The number of hydrogen-bond acceptors (Lipinski definition) is 2. The van der Waals surface area contributed by atoms with Gasteiger partial charge in [0.05, 0.1) is 5.69 Å². The van der Waals surface area contributed by atoms with Crippen molar-refractivity contribution in [3.63, 3.8) is 0 Å². The van der Waals surface area contributed by atoms with Crippen molar-refractivity contribution in [2.45, 2.75) is 0 Å². The predicted octanol–water partition coefficient (Wildman–Crippen LogP) is 4.46. The third-order valence-electron chi connectivity index (χ3n) is 3.33. The van der Waals surface area contributed by atoms with Crippen molar-refractivity contribution < 1.29 is 4.79 Å². The lowest BCUT2D eigenvalue weighted by Crippen LogP contribution is -2.24. The number of pyridine rings is 1. The van der Waals surface area contributed by atoms with Crippen molar-refractivity contribution in [1.82, 2.24) is 4.98 Å². The summed E-state index contributed by atoms with van der Waals surface area (Å²) in [4.78, 5) is 18.6. The first kappa shape index (κ1) is 14.7. The van der Waals surface area contributed by atoms with Crippen LogP contribution >= 0.6 is 0 Å². The number of carbonyl (C=O) groups is 1. The summed E-state index contributed by atoms with van der Waals surface area (Å²) in [5.41, 5.74) is 1.77. The molecule has 23 heavy (non-hydrogen) atoms. The van der Waals surface area contributed by atoms with E-state index in [0.29, 0.717) is 5.82 Å². The molecule has 0 bridgehead atoms. The van der Waals surface area contributed by atoms with Crippen molar-refractivity contribution >= 4 is 23.5 Å². The molecule has 0 aliphatic rings. The molecule has 0 aliphatic carbocycles. The van der Waals surface area contributed by atoms with Crippen LogP contribution in [0.4, 0.5) is 11.5 Å². The van der Waals surface area contributed by atoms with Crippen LogP contribution in [0.2, 0.25) is 0 Å². The van der Waals surface area contributed by atoms with E-state index < -0.39 is 0 Å². The molecule has 0 N–H and O–H groups in total. The van der Waals surface area contributed by atoms with Crippen molar-refractivity contribution in [1.29, 1.82) is 0 Å². The average molecular weight is 300 g/mol. The SMILES string of the molecule is O=C(C=Cc1ccccc1)N(c1ccccc1)c1ccccn1. The zero-order chi connectivity index (χ0) is 15.9. The molecule has 0 aliphatic heterocycles. The van der Waals surface area contributed by atoms with Gasteiger partial charge in [0.2, 0.25) is 0 Å². The summed E-state index contributed by atoms with van der Waals surface area (Å²) in [6.45, 7) is 0. The Morgan fingerprint density at radius 2 is 1.48 bits per heavy atom. The monoisotopic (exact) mass is 300 g/mol. The first-order valence-electron chi connectivity index (χ1n) is 7.38. The topological polar surface area (TPSA) is 33.2 Å². The van der Waals surface area contributed by atoms with Gasteiger partial charge in [-0.05, 0) is 35.9 Å². The van der Waals surface area contributed by atoms with Crippen molar-refractivity contribution in [2.24, 2.45) is 0 Å². The van der Waals surface area contributed by atoms with Gasteiger partial charge >= 0.3 is 0 Å². The number of para-hydroxylation sites is 1. The Kier molecular flexibility index (Phi) is 4.60. The zero-order valence-corrected chi connectivity index (χ0v) is 12.5. The molecule has 2 aromatic carbocycles. The van der Waals surface area contributed by atoms with Gasteiger partial charge in [0.15, 0.2) is 0 Å². The summed E-state index contributed by atoms with van der Waals surface area (Å²) in [5.74, 6) is 0.458. The maximum Gasteiger partial charge on any atom is 0.256 e. The van der Waals surface area contributed by atoms with Gasteiger partial charge in [-0.3, -0.25) is 9.69 Å². The molecule has 0 saturated heterocycles. The Morgan fingerprint density at radius 1 is 0.826 bits per heavy atom. The summed E-state index contributed by atoms with van der Waals surface area (Å²) in [5, 5.41) is 0. The lowest BCUT2D eigenvalue weighted by Gasteiger charge is -2.20. The first-order valence-corrected chi connectivity index (χ1v) is 7.38. The van der Waals surface area contributed by atoms with E-state index in [9.17, 15) is 4.79 Å². The van der Waals surface area contributed by atoms with E-state index in [2.05, 4.69) is 4.98 Å². The van der Waals surface area contributed by atoms with Crippen LogP contribution in [0, 0.1) is 0 Å². The molecule has 1 heterocycles. The van der Waals surface area contributed by atoms with Crippen LogP contribution in [0.1, 0.15) is 5.56 Å². The first-order chi connectivity index (χ1) is 11.3. The molecule has 1 aromatic heterocycles. The van der Waals surface area contributed by atoms with Crippen LogP contribution in [-0.2, 0) is 4.79 Å². The molecule has 0 saturated carbocycles. The fourth-order valence-electron chi connectivity index (χ4n) is 2.24. The maximum atomic E-state index is 12.7. The number of carbonyl (C=O) groups excluding carboxylic acids is 1. The smallest absolute Gasteiger partial charge is 0.256 e. The third-order valence-corrected chi connectivity index (χ3v) is 3.33. The molecule has 112 valence electrons. The van der Waals surface area contributed by atoms with Crippen LogP contribution in [0.3, 0.4) is 0 Å². The average Bonchev–Trinajstić information content (AvgIpc) is 2.63. The molecule has 1 amide bonds. The van der Waals surface area contributed by atoms with Crippen molar-refractivity contribution in [3.05, 3.63) is 96.7 Å². The Morgan fingerprint density at radius 3 is 2.13 bits per heavy atom. The third kappa shape index (κ3) is 3.71. The van der Waals surface area contributed by atoms with E-state index in [0.717, 1.165) is 11.3 Å². The van der Waals surface area contributed by atoms with Gasteiger partial charge in [-0.2, -0.15) is 0 Å². The van der Waals surface area contributed by atoms with E-state index in [4.69, 9.17) is 0 Å². The van der Waals surface area contributed by atoms with Crippen LogP contribution in [0.5, 0.6) is 0 Å². The van der Waals surface area contributed by atoms with E-state index in [-0.39, 0.29) is 5.91 Å². The summed E-state index contributed by atoms with van der Waals surface area (Å²) in [6, 6.07) is 24.8. The molecule has 0 atom stereocenters. The highest BCUT2D eigenvalue weighted by atomic mass is 16.2. The van der Waals surface area contributed by atoms with E-state index in [1.165, 1.54) is 0 Å². The largest absolute Gasteiger partial charge is 0.269 e. The molecule has 0 radical (unpaired) electrons. The maximum absolute atomic E-state index is 12.7. The summed E-state index contributed by atoms with van der Waals surface area (Å²) < 4.78 is 0. The normalized spacial score (nSPS) is 10.6. The molecule has 3 nitrogen and oxygen atoms in total. The lowest BCUT2D eigenvalue weighted by molar-refractivity contribution is -0.113. The molecular formula is C20H16N2O. The zero-order valence-electron chi connectivity index (χ0n) is 12.5. The van der Waals surface area contributed by atoms with Gasteiger partial charge in [-0.25, -0.2) is 4.98 Å². The van der Waals surface area contributed by atoms with Gasteiger partial charge in [-0.15, -0.1) is 0 Å². The summed E-state index contributed by atoms with van der Waals surface area (Å²) in [6.07, 6.45) is 5.05. The minimum atomic E-state index is -0.140. The van der Waals surface area contributed by atoms with E-state index >= 15 is 0 Å². The Balaban J connectivity index is 1.93. The molecule has 0 unspecified atom stereocenters. The quantitative estimate of drug-likeness (QED) is 0.666. The minimum Gasteiger partial charge on any atom is -0.269 e. The van der Waals surface area contributed by atoms with Crippen molar-refractivity contribution in [3.8, 4) is 0 Å². The molecule has 3 rings (SSSR count). The molecular weight excluding hydrogens is 284 g/mol. The number of benzene rings is 2. The molecule has 0 fully saturated rings. The van der Waals surface area contributed by atoms with E-state index in [1.54, 1.807) is 23.2 Å². The number of anilines is 2. The van der Waals surface area contributed by atoms with Crippen LogP contribution < -0.4 is 4.90 Å². The summed E-state index contributed by atoms with van der Waals surface area (Å²) >= 11 is 0. The molecule has 3 heteroatoms. The fourth-order valence-corrected chi connectivity index (χ4v) is 2.24. The molecule has 0 spiro atoms. The predicted molar refractivity (Wildman–Crippen MR) is 93.3 cm³/mol. The molecule has 3 aromatic rings. The Bertz CT molecular complexity index is 744. The van der Waals surface area contributed by atoms with Crippen molar-refractivity contribution in [2.75, 3.05) is 4.90 Å². The number of nitrogens with zero attached hydrogens (tertiary/aromatic N) is 2. The second-order valence-corrected chi connectivity index (χ2v) is 4.94. The fraction of sp³-hybridized carbons (Fsp3) is 0. The van der Waals surface area contributed by atoms with Gasteiger partial charge < -0.3 is 0 Å². The Hall–Kier alpha value is -3.20. The number of rotatable bonds is 4. The Labute approximate surface area is 135 Å². The second-order valence-electron chi connectivity index (χ2n) is 4.94. The van der Waals surface area contributed by atoms with Gasteiger partial charge in [0.25, 0.3) is 5.91 Å².